The number of hydrogen-bond acceptors (Lipinski definition) is 4. The molecule has 2 rings (SSSR count). The van der Waals surface area contributed by atoms with E-state index in [-0.39, 0.29) is 0 Å². The van der Waals surface area contributed by atoms with Crippen LogP contribution in [-0.4, -0.2) is 9.97 Å². The molecule has 0 bridgehead atoms. The number of thiazole rings is 1. The maximum Gasteiger partial charge on any atom is 0.0897 e. The molecule has 0 unspecified atom stereocenters. The molecule has 0 aromatic carbocycles. The van der Waals surface area contributed by atoms with Crippen LogP contribution in [0.2, 0.25) is 0 Å². The average Bonchev–Trinajstić information content (AvgIpc) is 2.66. The number of rotatable bonds is 4. The average molecular weight is 219 g/mol. The minimum Gasteiger partial charge on any atom is -0.305 e. The van der Waals surface area contributed by atoms with Gasteiger partial charge in [-0.3, -0.25) is 4.98 Å². The molecule has 2 aromatic rings. The lowest BCUT2D eigenvalue weighted by molar-refractivity contribution is 0.669. The summed E-state index contributed by atoms with van der Waals surface area (Å²) in [5.41, 5.74) is 2.16. The van der Waals surface area contributed by atoms with Crippen molar-refractivity contribution in [1.82, 2.24) is 15.3 Å². The quantitative estimate of drug-likeness (QED) is 0.856. The highest BCUT2D eigenvalue weighted by Crippen LogP contribution is 2.07. The summed E-state index contributed by atoms with van der Waals surface area (Å²) >= 11 is 1.68. The Kier molecular flexibility index (Phi) is 3.42. The zero-order valence-electron chi connectivity index (χ0n) is 8.60. The second kappa shape index (κ2) is 5.00. The van der Waals surface area contributed by atoms with Crippen LogP contribution >= 0.6 is 11.3 Å². The number of aromatic nitrogens is 2. The van der Waals surface area contributed by atoms with Gasteiger partial charge in [-0.25, -0.2) is 4.98 Å². The van der Waals surface area contributed by atoms with Crippen molar-refractivity contribution in [1.29, 1.82) is 0 Å². The molecule has 0 saturated carbocycles. The smallest absolute Gasteiger partial charge is 0.0897 e. The molecule has 0 fully saturated rings. The van der Waals surface area contributed by atoms with Crippen LogP contribution in [0.15, 0.2) is 29.8 Å². The van der Waals surface area contributed by atoms with E-state index in [0.717, 1.165) is 29.5 Å². The zero-order chi connectivity index (χ0) is 10.5. The number of aryl methyl sites for hydroxylation is 1. The summed E-state index contributed by atoms with van der Waals surface area (Å²) in [6.45, 7) is 3.62. The minimum atomic E-state index is 0.789. The highest BCUT2D eigenvalue weighted by Gasteiger charge is 1.97. The van der Waals surface area contributed by atoms with Gasteiger partial charge < -0.3 is 5.32 Å². The van der Waals surface area contributed by atoms with Gasteiger partial charge in [0.05, 0.1) is 16.4 Å². The predicted octanol–water partition coefficient (Wildman–Crippen LogP) is 2.14. The van der Waals surface area contributed by atoms with Crippen LogP contribution in [0.3, 0.4) is 0 Å². The molecule has 2 aromatic heterocycles. The molecule has 78 valence electrons. The summed E-state index contributed by atoms with van der Waals surface area (Å²) in [5.74, 6) is 0. The second-order valence-electron chi connectivity index (χ2n) is 3.28. The van der Waals surface area contributed by atoms with Gasteiger partial charge in [0, 0.05) is 24.7 Å². The van der Waals surface area contributed by atoms with Crippen LogP contribution in [0.5, 0.6) is 0 Å². The first-order chi connectivity index (χ1) is 7.34. The Bertz CT molecular complexity index is 411. The number of hydrogen-bond donors (Lipinski definition) is 1. The second-order valence-corrected chi connectivity index (χ2v) is 4.34. The third-order valence-corrected chi connectivity index (χ3v) is 2.83. The molecular weight excluding hydrogens is 206 g/mol. The Hall–Kier alpha value is -1.26. The van der Waals surface area contributed by atoms with Crippen molar-refractivity contribution >= 4 is 11.3 Å². The molecule has 1 N–H and O–H groups in total. The Balaban J connectivity index is 1.80. The molecule has 0 amide bonds. The third-order valence-electron chi connectivity index (χ3n) is 2.00. The first kappa shape index (κ1) is 10.3. The maximum atomic E-state index is 4.38. The van der Waals surface area contributed by atoms with Crippen molar-refractivity contribution in [3.63, 3.8) is 0 Å². The van der Waals surface area contributed by atoms with Crippen LogP contribution in [0.1, 0.15) is 16.4 Å². The van der Waals surface area contributed by atoms with Crippen LogP contribution in [0.4, 0.5) is 0 Å². The molecule has 0 atom stereocenters. The highest BCUT2D eigenvalue weighted by molar-refractivity contribution is 7.09. The van der Waals surface area contributed by atoms with Crippen LogP contribution in [0.25, 0.3) is 0 Å². The van der Waals surface area contributed by atoms with E-state index in [1.54, 1.807) is 11.3 Å². The standard InChI is InChI=1S/C11H13N3S/c1-9-14-11(8-15-9)7-12-6-10-4-2-3-5-13-10/h2-5,8,12H,6-7H2,1H3. The van der Waals surface area contributed by atoms with E-state index in [9.17, 15) is 0 Å². The lowest BCUT2D eigenvalue weighted by atomic mass is 10.3. The molecule has 0 spiro atoms. The summed E-state index contributed by atoms with van der Waals surface area (Å²) < 4.78 is 0. The first-order valence-electron chi connectivity index (χ1n) is 4.86. The van der Waals surface area contributed by atoms with Crippen molar-refractivity contribution in [3.8, 4) is 0 Å². The van der Waals surface area contributed by atoms with Crippen LogP contribution < -0.4 is 5.32 Å². The predicted molar refractivity (Wildman–Crippen MR) is 61.6 cm³/mol. The normalized spacial score (nSPS) is 10.5. The summed E-state index contributed by atoms with van der Waals surface area (Å²) in [6.07, 6.45) is 1.81. The monoisotopic (exact) mass is 219 g/mol. The zero-order valence-corrected chi connectivity index (χ0v) is 9.42. The molecule has 0 aliphatic carbocycles. The molecule has 15 heavy (non-hydrogen) atoms. The third kappa shape index (κ3) is 3.11. The Morgan fingerprint density at radius 2 is 2.13 bits per heavy atom. The minimum absolute atomic E-state index is 0.789. The SMILES string of the molecule is Cc1nc(CNCc2ccccn2)cs1. The van der Waals surface area contributed by atoms with E-state index < -0.39 is 0 Å². The van der Waals surface area contributed by atoms with Gasteiger partial charge in [-0.2, -0.15) is 0 Å². The fourth-order valence-corrected chi connectivity index (χ4v) is 1.92. The number of nitrogens with one attached hydrogen (secondary N) is 1. The molecule has 0 aliphatic rings. The molecule has 0 radical (unpaired) electrons. The van der Waals surface area contributed by atoms with Crippen molar-refractivity contribution in [3.05, 3.63) is 46.2 Å². The fourth-order valence-electron chi connectivity index (χ4n) is 1.31. The summed E-state index contributed by atoms with van der Waals surface area (Å²) in [4.78, 5) is 8.61. The molecule has 4 heteroatoms. The van der Waals surface area contributed by atoms with E-state index in [1.807, 2.05) is 31.3 Å². The van der Waals surface area contributed by atoms with E-state index in [1.165, 1.54) is 0 Å². The van der Waals surface area contributed by atoms with Gasteiger partial charge in [0.25, 0.3) is 0 Å². The van der Waals surface area contributed by atoms with Crippen molar-refractivity contribution in [2.24, 2.45) is 0 Å². The molecular formula is C11H13N3S. The van der Waals surface area contributed by atoms with Crippen LogP contribution in [-0.2, 0) is 13.1 Å². The molecule has 0 aliphatic heterocycles. The van der Waals surface area contributed by atoms with Crippen molar-refractivity contribution in [2.45, 2.75) is 20.0 Å². The van der Waals surface area contributed by atoms with E-state index in [4.69, 9.17) is 0 Å². The maximum absolute atomic E-state index is 4.38. The van der Waals surface area contributed by atoms with Gasteiger partial charge >= 0.3 is 0 Å². The summed E-state index contributed by atoms with van der Waals surface area (Å²) in [6, 6.07) is 5.93. The van der Waals surface area contributed by atoms with Crippen molar-refractivity contribution < 1.29 is 0 Å². The molecule has 3 nitrogen and oxygen atoms in total. The van der Waals surface area contributed by atoms with Gasteiger partial charge in [0.15, 0.2) is 0 Å². The summed E-state index contributed by atoms with van der Waals surface area (Å²) in [7, 11) is 0. The lowest BCUT2D eigenvalue weighted by Crippen LogP contribution is -2.13. The van der Waals surface area contributed by atoms with Crippen molar-refractivity contribution in [2.75, 3.05) is 0 Å². The summed E-state index contributed by atoms with van der Waals surface area (Å²) in [5, 5.41) is 6.51. The van der Waals surface area contributed by atoms with E-state index >= 15 is 0 Å². The number of pyridine rings is 1. The van der Waals surface area contributed by atoms with Gasteiger partial charge in [-0.1, -0.05) is 6.07 Å². The topological polar surface area (TPSA) is 37.8 Å². The van der Waals surface area contributed by atoms with Gasteiger partial charge in [0.1, 0.15) is 0 Å². The molecule has 2 heterocycles. The largest absolute Gasteiger partial charge is 0.305 e. The number of nitrogens with zero attached hydrogens (tertiary/aromatic N) is 2. The van der Waals surface area contributed by atoms with Gasteiger partial charge in [-0.05, 0) is 19.1 Å². The van der Waals surface area contributed by atoms with Crippen LogP contribution in [0, 0.1) is 6.92 Å². The van der Waals surface area contributed by atoms with Gasteiger partial charge in [0.2, 0.25) is 0 Å². The highest BCUT2D eigenvalue weighted by atomic mass is 32.1. The fraction of sp³-hybridized carbons (Fsp3) is 0.273. The Morgan fingerprint density at radius 1 is 1.27 bits per heavy atom. The molecule has 0 saturated heterocycles. The Morgan fingerprint density at radius 3 is 2.80 bits per heavy atom. The van der Waals surface area contributed by atoms with E-state index in [0.29, 0.717) is 0 Å². The van der Waals surface area contributed by atoms with E-state index in [2.05, 4.69) is 20.7 Å². The lowest BCUT2D eigenvalue weighted by Gasteiger charge is -2.01. The first-order valence-corrected chi connectivity index (χ1v) is 5.74. The Labute approximate surface area is 93.2 Å². The van der Waals surface area contributed by atoms with Gasteiger partial charge in [-0.15, -0.1) is 11.3 Å².